The number of aromatic amines is 1. The Morgan fingerprint density at radius 1 is 1.26 bits per heavy atom. The molecule has 1 aromatic carbocycles. The van der Waals surface area contributed by atoms with Crippen molar-refractivity contribution < 1.29 is 9.59 Å². The zero-order chi connectivity index (χ0) is 16.8. The summed E-state index contributed by atoms with van der Waals surface area (Å²) in [6, 6.07) is 8.25. The number of benzene rings is 1. The van der Waals surface area contributed by atoms with Crippen LogP contribution in [0.3, 0.4) is 0 Å². The smallest absolute Gasteiger partial charge is 0.221 e. The van der Waals surface area contributed by atoms with Gasteiger partial charge in [-0.15, -0.1) is 0 Å². The topological polar surface area (TPSA) is 65.2 Å². The molecule has 0 fully saturated rings. The van der Waals surface area contributed by atoms with Gasteiger partial charge in [0, 0.05) is 49.6 Å². The molecule has 0 radical (unpaired) electrons. The lowest BCUT2D eigenvalue weighted by molar-refractivity contribution is -0.131. The summed E-state index contributed by atoms with van der Waals surface area (Å²) in [5.74, 6) is -0.0108. The number of carbonyl (C=O) groups is 2. The Hall–Kier alpha value is -2.30. The SMILES string of the molecule is CC(=O)N(CCC(=O)NCCc1c[nH]c2ccccc12)C(C)C. The van der Waals surface area contributed by atoms with Crippen molar-refractivity contribution in [3.8, 4) is 0 Å². The van der Waals surface area contributed by atoms with Crippen molar-refractivity contribution in [1.29, 1.82) is 0 Å². The van der Waals surface area contributed by atoms with E-state index in [1.807, 2.05) is 38.2 Å². The molecule has 2 amide bonds. The molecule has 23 heavy (non-hydrogen) atoms. The van der Waals surface area contributed by atoms with E-state index in [0.717, 1.165) is 11.9 Å². The normalized spacial score (nSPS) is 11.0. The zero-order valence-electron chi connectivity index (χ0n) is 14.1. The van der Waals surface area contributed by atoms with E-state index in [1.54, 1.807) is 4.90 Å². The third-order valence-electron chi connectivity index (χ3n) is 4.00. The van der Waals surface area contributed by atoms with Gasteiger partial charge >= 0.3 is 0 Å². The Morgan fingerprint density at radius 2 is 2.00 bits per heavy atom. The van der Waals surface area contributed by atoms with Crippen LogP contribution in [0.5, 0.6) is 0 Å². The molecule has 0 aliphatic carbocycles. The van der Waals surface area contributed by atoms with E-state index < -0.39 is 0 Å². The van der Waals surface area contributed by atoms with Crippen LogP contribution in [-0.2, 0) is 16.0 Å². The summed E-state index contributed by atoms with van der Waals surface area (Å²) in [4.78, 5) is 28.4. The number of hydrogen-bond acceptors (Lipinski definition) is 2. The molecule has 0 unspecified atom stereocenters. The second-order valence-corrected chi connectivity index (χ2v) is 6.02. The summed E-state index contributed by atoms with van der Waals surface area (Å²) in [6.45, 7) is 6.51. The first-order chi connectivity index (χ1) is 11.0. The molecule has 0 bridgehead atoms. The van der Waals surface area contributed by atoms with Gasteiger partial charge in [-0.25, -0.2) is 0 Å². The molecule has 0 saturated carbocycles. The van der Waals surface area contributed by atoms with Crippen LogP contribution >= 0.6 is 0 Å². The van der Waals surface area contributed by atoms with E-state index in [4.69, 9.17) is 0 Å². The quantitative estimate of drug-likeness (QED) is 0.824. The molecule has 124 valence electrons. The lowest BCUT2D eigenvalue weighted by atomic mass is 10.1. The van der Waals surface area contributed by atoms with Crippen LogP contribution in [-0.4, -0.2) is 40.8 Å². The summed E-state index contributed by atoms with van der Waals surface area (Å²) >= 11 is 0. The summed E-state index contributed by atoms with van der Waals surface area (Å²) in [5.41, 5.74) is 2.32. The third kappa shape index (κ3) is 4.58. The van der Waals surface area contributed by atoms with E-state index in [1.165, 1.54) is 17.9 Å². The van der Waals surface area contributed by atoms with Crippen molar-refractivity contribution in [2.45, 2.75) is 39.7 Å². The van der Waals surface area contributed by atoms with Gasteiger partial charge in [-0.3, -0.25) is 9.59 Å². The van der Waals surface area contributed by atoms with Gasteiger partial charge in [0.2, 0.25) is 11.8 Å². The summed E-state index contributed by atoms with van der Waals surface area (Å²) in [5, 5.41) is 4.13. The maximum Gasteiger partial charge on any atom is 0.221 e. The van der Waals surface area contributed by atoms with Gasteiger partial charge in [0.05, 0.1) is 0 Å². The number of para-hydroxylation sites is 1. The maximum atomic E-state index is 11.9. The standard InChI is InChI=1S/C18H25N3O2/c1-13(2)21(14(3)22)11-9-18(23)19-10-8-15-12-20-17-7-5-4-6-16(15)17/h4-7,12-13,20H,8-11H2,1-3H3,(H,19,23). The van der Waals surface area contributed by atoms with Gasteiger partial charge in [0.15, 0.2) is 0 Å². The van der Waals surface area contributed by atoms with Gasteiger partial charge < -0.3 is 15.2 Å². The number of aromatic nitrogens is 1. The van der Waals surface area contributed by atoms with Crippen LogP contribution in [0, 0.1) is 0 Å². The highest BCUT2D eigenvalue weighted by atomic mass is 16.2. The fourth-order valence-electron chi connectivity index (χ4n) is 2.76. The molecule has 0 saturated heterocycles. The van der Waals surface area contributed by atoms with Gasteiger partial charge in [-0.2, -0.15) is 0 Å². The molecular weight excluding hydrogens is 290 g/mol. The number of hydrogen-bond donors (Lipinski definition) is 2. The lowest BCUT2D eigenvalue weighted by Crippen LogP contribution is -2.38. The van der Waals surface area contributed by atoms with Crippen molar-refractivity contribution in [3.05, 3.63) is 36.0 Å². The Bertz CT molecular complexity index is 676. The van der Waals surface area contributed by atoms with E-state index in [9.17, 15) is 9.59 Å². The fourth-order valence-corrected chi connectivity index (χ4v) is 2.76. The molecule has 5 nitrogen and oxygen atoms in total. The summed E-state index contributed by atoms with van der Waals surface area (Å²) in [7, 11) is 0. The number of nitrogens with zero attached hydrogens (tertiary/aromatic N) is 1. The predicted molar refractivity (Wildman–Crippen MR) is 92.2 cm³/mol. The average Bonchev–Trinajstić information content (AvgIpc) is 2.90. The van der Waals surface area contributed by atoms with Crippen LogP contribution in [0.2, 0.25) is 0 Å². The molecule has 0 aliphatic rings. The second-order valence-electron chi connectivity index (χ2n) is 6.02. The number of rotatable bonds is 7. The van der Waals surface area contributed by atoms with E-state index in [2.05, 4.69) is 16.4 Å². The van der Waals surface area contributed by atoms with Crippen LogP contribution in [0.15, 0.2) is 30.5 Å². The van der Waals surface area contributed by atoms with Crippen LogP contribution in [0.4, 0.5) is 0 Å². The molecule has 2 aromatic rings. The number of H-pyrrole nitrogens is 1. The second kappa shape index (κ2) is 7.81. The predicted octanol–water partition coefficient (Wildman–Crippen LogP) is 2.47. The number of nitrogens with one attached hydrogen (secondary N) is 2. The fraction of sp³-hybridized carbons (Fsp3) is 0.444. The van der Waals surface area contributed by atoms with Crippen LogP contribution < -0.4 is 5.32 Å². The minimum Gasteiger partial charge on any atom is -0.361 e. The first-order valence-electron chi connectivity index (χ1n) is 8.08. The summed E-state index contributed by atoms with van der Waals surface area (Å²) in [6.07, 6.45) is 3.12. The number of fused-ring (bicyclic) bond motifs is 1. The van der Waals surface area contributed by atoms with Crippen LogP contribution in [0.1, 0.15) is 32.8 Å². The van der Waals surface area contributed by atoms with Crippen molar-refractivity contribution in [2.24, 2.45) is 0 Å². The minimum absolute atomic E-state index is 0.00610. The largest absolute Gasteiger partial charge is 0.361 e. The molecule has 1 heterocycles. The minimum atomic E-state index is -0.0169. The van der Waals surface area contributed by atoms with Crippen molar-refractivity contribution in [3.63, 3.8) is 0 Å². The van der Waals surface area contributed by atoms with E-state index in [0.29, 0.717) is 19.5 Å². The molecule has 1 aromatic heterocycles. The van der Waals surface area contributed by atoms with Crippen LogP contribution in [0.25, 0.3) is 10.9 Å². The van der Waals surface area contributed by atoms with Gasteiger partial charge in [0.25, 0.3) is 0 Å². The first kappa shape index (κ1) is 17.1. The first-order valence-corrected chi connectivity index (χ1v) is 8.08. The zero-order valence-corrected chi connectivity index (χ0v) is 14.1. The highest BCUT2D eigenvalue weighted by Gasteiger charge is 2.14. The van der Waals surface area contributed by atoms with Gasteiger partial charge in [-0.1, -0.05) is 18.2 Å². The van der Waals surface area contributed by atoms with Crippen molar-refractivity contribution >= 4 is 22.7 Å². The van der Waals surface area contributed by atoms with E-state index in [-0.39, 0.29) is 17.9 Å². The molecule has 2 N–H and O–H groups in total. The highest BCUT2D eigenvalue weighted by molar-refractivity contribution is 5.83. The number of carbonyl (C=O) groups excluding carboxylic acids is 2. The Morgan fingerprint density at radius 3 is 2.70 bits per heavy atom. The monoisotopic (exact) mass is 315 g/mol. The molecule has 5 heteroatoms. The van der Waals surface area contributed by atoms with E-state index >= 15 is 0 Å². The maximum absolute atomic E-state index is 11.9. The third-order valence-corrected chi connectivity index (χ3v) is 4.00. The molecule has 0 aliphatic heterocycles. The Kier molecular flexibility index (Phi) is 5.79. The summed E-state index contributed by atoms with van der Waals surface area (Å²) < 4.78 is 0. The molecule has 0 spiro atoms. The number of amides is 2. The van der Waals surface area contributed by atoms with Crippen molar-refractivity contribution in [1.82, 2.24) is 15.2 Å². The molecule has 2 rings (SSSR count). The molecule has 0 atom stereocenters. The Balaban J connectivity index is 1.78. The van der Waals surface area contributed by atoms with Gasteiger partial charge in [0.1, 0.15) is 0 Å². The highest BCUT2D eigenvalue weighted by Crippen LogP contribution is 2.17. The van der Waals surface area contributed by atoms with Gasteiger partial charge in [-0.05, 0) is 31.9 Å². The lowest BCUT2D eigenvalue weighted by Gasteiger charge is -2.24. The average molecular weight is 315 g/mol. The van der Waals surface area contributed by atoms with Crippen molar-refractivity contribution in [2.75, 3.05) is 13.1 Å². The molecular formula is C18H25N3O2. The Labute approximate surface area is 137 Å².